The molecule has 0 N–H and O–H groups in total. The maximum Gasteiger partial charge on any atom is 0.0713 e. The number of hydrazine groups is 1. The first-order chi connectivity index (χ1) is 16.8. The van der Waals surface area contributed by atoms with E-state index < -0.39 is 0 Å². The van der Waals surface area contributed by atoms with Crippen LogP contribution < -0.4 is 5.01 Å². The van der Waals surface area contributed by atoms with Crippen molar-refractivity contribution in [2.45, 2.75) is 36.4 Å². The van der Waals surface area contributed by atoms with E-state index in [1.165, 1.54) is 49.5 Å². The number of fused-ring (bicyclic) bond motifs is 12. The molecule has 0 saturated carbocycles. The summed E-state index contributed by atoms with van der Waals surface area (Å²) >= 11 is 0. The molecule has 0 spiro atoms. The maximum absolute atomic E-state index is 2.79. The van der Waals surface area contributed by atoms with Crippen molar-refractivity contribution in [1.82, 2.24) is 5.01 Å². The van der Waals surface area contributed by atoms with Crippen LogP contribution >= 0.6 is 0 Å². The van der Waals surface area contributed by atoms with Gasteiger partial charge in [0, 0.05) is 11.8 Å². The van der Waals surface area contributed by atoms with Crippen LogP contribution in [0.1, 0.15) is 53.1 Å². The standard InChI is InChI=1S/C32H24N2/c1-32-28-22-15-5-9-19-11-7-17-24(26(19)22)30(28)33(34(32)21-13-3-2-4-14-21)31-25-18-8-12-20-10-6-16-23(27(20)25)29(31)32/h2-18,28-31H,1H3/t28-,29-,30-,31-/m0/s1. The van der Waals surface area contributed by atoms with Gasteiger partial charge in [-0.25, -0.2) is 5.01 Å². The SMILES string of the molecule is CC12[C@H]3c4cccc5cccc(c45)[C@@H]3N([C@H]3c4cccc5cccc(c45)[C@@H]31)N2c1ccccc1. The molecule has 2 heteroatoms. The fraction of sp³-hybridized carbons (Fsp3) is 0.188. The van der Waals surface area contributed by atoms with Crippen LogP contribution in [-0.4, -0.2) is 10.5 Å². The topological polar surface area (TPSA) is 6.48 Å². The van der Waals surface area contributed by atoms with Gasteiger partial charge in [-0.05, 0) is 62.9 Å². The summed E-state index contributed by atoms with van der Waals surface area (Å²) in [5, 5.41) is 11.2. The molecule has 5 aromatic carbocycles. The van der Waals surface area contributed by atoms with Crippen LogP contribution in [-0.2, 0) is 0 Å². The molecule has 2 saturated heterocycles. The quantitative estimate of drug-likeness (QED) is 0.269. The molecule has 4 atom stereocenters. The van der Waals surface area contributed by atoms with Crippen molar-refractivity contribution in [2.24, 2.45) is 0 Å². The number of piperidine rings is 1. The summed E-state index contributed by atoms with van der Waals surface area (Å²) in [5.74, 6) is 0.860. The second kappa shape index (κ2) is 5.71. The van der Waals surface area contributed by atoms with E-state index in [-0.39, 0.29) is 5.54 Å². The lowest BCUT2D eigenvalue weighted by Gasteiger charge is -2.41. The maximum atomic E-state index is 2.79. The summed E-state index contributed by atoms with van der Waals surface area (Å²) in [6.07, 6.45) is 0. The third-order valence-corrected chi connectivity index (χ3v) is 9.39. The fourth-order valence-corrected chi connectivity index (χ4v) is 8.48. The van der Waals surface area contributed by atoms with Crippen LogP contribution in [0, 0.1) is 0 Å². The summed E-state index contributed by atoms with van der Waals surface area (Å²) in [6.45, 7) is 2.55. The van der Waals surface area contributed by atoms with Crippen LogP contribution in [0.25, 0.3) is 21.5 Å². The van der Waals surface area contributed by atoms with E-state index in [2.05, 4.69) is 120 Å². The molecular formula is C32H24N2. The largest absolute Gasteiger partial charge is 0.297 e. The fourth-order valence-electron chi connectivity index (χ4n) is 8.48. The summed E-state index contributed by atoms with van der Waals surface area (Å²) < 4.78 is 0. The summed E-state index contributed by atoms with van der Waals surface area (Å²) in [7, 11) is 0. The van der Waals surface area contributed by atoms with E-state index in [1.54, 1.807) is 0 Å². The zero-order chi connectivity index (χ0) is 22.2. The van der Waals surface area contributed by atoms with Crippen molar-refractivity contribution in [3.05, 3.63) is 125 Å². The number of rotatable bonds is 1. The van der Waals surface area contributed by atoms with Gasteiger partial charge in [-0.15, -0.1) is 0 Å². The van der Waals surface area contributed by atoms with E-state index in [4.69, 9.17) is 0 Å². The second-order valence-electron chi connectivity index (χ2n) is 10.7. The summed E-state index contributed by atoms with van der Waals surface area (Å²) in [6, 6.07) is 39.6. The molecule has 162 valence electrons. The van der Waals surface area contributed by atoms with Gasteiger partial charge in [0.15, 0.2) is 0 Å². The smallest absolute Gasteiger partial charge is 0.0713 e. The normalized spacial score (nSPS) is 31.4. The van der Waals surface area contributed by atoms with Crippen molar-refractivity contribution >= 4 is 27.2 Å². The average molecular weight is 437 g/mol. The van der Waals surface area contributed by atoms with E-state index in [0.717, 1.165) is 0 Å². The number of nitrogens with zero attached hydrogens (tertiary/aromatic N) is 2. The molecule has 0 aromatic heterocycles. The molecule has 2 fully saturated rings. The van der Waals surface area contributed by atoms with E-state index in [0.29, 0.717) is 23.9 Å². The Morgan fingerprint density at radius 2 is 1.00 bits per heavy atom. The predicted octanol–water partition coefficient (Wildman–Crippen LogP) is 7.48. The zero-order valence-electron chi connectivity index (χ0n) is 19.0. The Morgan fingerprint density at radius 3 is 1.50 bits per heavy atom. The van der Waals surface area contributed by atoms with Crippen LogP contribution in [0.2, 0.25) is 0 Å². The average Bonchev–Trinajstić information content (AvgIpc) is 3.56. The van der Waals surface area contributed by atoms with Crippen molar-refractivity contribution in [2.75, 3.05) is 5.01 Å². The Labute approximate surface area is 199 Å². The van der Waals surface area contributed by atoms with Gasteiger partial charge in [0.1, 0.15) is 0 Å². The predicted molar refractivity (Wildman–Crippen MR) is 138 cm³/mol. The Balaban J connectivity index is 1.40. The second-order valence-corrected chi connectivity index (χ2v) is 10.7. The monoisotopic (exact) mass is 436 g/mol. The van der Waals surface area contributed by atoms with Crippen LogP contribution in [0.5, 0.6) is 0 Å². The van der Waals surface area contributed by atoms with Gasteiger partial charge in [0.05, 0.1) is 23.3 Å². The Kier molecular flexibility index (Phi) is 2.99. The minimum absolute atomic E-state index is 0.0582. The third-order valence-electron chi connectivity index (χ3n) is 9.39. The number of para-hydroxylation sites is 1. The number of anilines is 1. The minimum atomic E-state index is -0.0582. The molecule has 2 nitrogen and oxygen atoms in total. The van der Waals surface area contributed by atoms with Crippen molar-refractivity contribution in [3.63, 3.8) is 0 Å². The van der Waals surface area contributed by atoms with Gasteiger partial charge in [0.2, 0.25) is 0 Å². The third kappa shape index (κ3) is 1.75. The van der Waals surface area contributed by atoms with Gasteiger partial charge in [0.25, 0.3) is 0 Å². The zero-order valence-corrected chi connectivity index (χ0v) is 19.0. The lowest BCUT2D eigenvalue weighted by atomic mass is 9.66. The molecule has 34 heavy (non-hydrogen) atoms. The molecular weight excluding hydrogens is 412 g/mol. The minimum Gasteiger partial charge on any atom is -0.297 e. The van der Waals surface area contributed by atoms with Crippen molar-refractivity contribution in [3.8, 4) is 0 Å². The number of hydrogen-bond acceptors (Lipinski definition) is 2. The molecule has 9 rings (SSSR count). The van der Waals surface area contributed by atoms with E-state index >= 15 is 0 Å². The summed E-state index contributed by atoms with van der Waals surface area (Å²) in [5.41, 5.74) is 7.32. The Bertz CT molecular complexity index is 1560. The first kappa shape index (κ1) is 17.8. The Hall–Kier alpha value is -3.62. The highest BCUT2D eigenvalue weighted by Crippen LogP contribution is 2.75. The van der Waals surface area contributed by atoms with Crippen molar-refractivity contribution in [1.29, 1.82) is 0 Å². The van der Waals surface area contributed by atoms with Crippen LogP contribution in [0.4, 0.5) is 5.69 Å². The first-order valence-corrected chi connectivity index (χ1v) is 12.4. The highest BCUT2D eigenvalue weighted by molar-refractivity contribution is 5.96. The van der Waals surface area contributed by atoms with Gasteiger partial charge in [-0.2, -0.15) is 0 Å². The molecule has 2 aliphatic heterocycles. The molecule has 2 heterocycles. The van der Waals surface area contributed by atoms with E-state index in [9.17, 15) is 0 Å². The first-order valence-electron chi connectivity index (χ1n) is 12.4. The van der Waals surface area contributed by atoms with E-state index in [1.807, 2.05) is 0 Å². The number of hydrogen-bond donors (Lipinski definition) is 0. The van der Waals surface area contributed by atoms with Gasteiger partial charge in [-0.3, -0.25) is 5.01 Å². The molecule has 2 aliphatic carbocycles. The highest BCUT2D eigenvalue weighted by atomic mass is 15.7. The van der Waals surface area contributed by atoms with Crippen LogP contribution in [0.3, 0.4) is 0 Å². The molecule has 0 radical (unpaired) electrons. The van der Waals surface area contributed by atoms with Crippen molar-refractivity contribution < 1.29 is 0 Å². The summed E-state index contributed by atoms with van der Waals surface area (Å²) in [4.78, 5) is 0. The Morgan fingerprint density at radius 1 is 0.529 bits per heavy atom. The number of benzene rings is 5. The van der Waals surface area contributed by atoms with Crippen LogP contribution in [0.15, 0.2) is 103 Å². The van der Waals surface area contributed by atoms with Gasteiger partial charge in [-0.1, -0.05) is 91.0 Å². The molecule has 5 aromatic rings. The lowest BCUT2D eigenvalue weighted by molar-refractivity contribution is 0.151. The van der Waals surface area contributed by atoms with Gasteiger partial charge >= 0.3 is 0 Å². The lowest BCUT2D eigenvalue weighted by Crippen LogP contribution is -2.46. The molecule has 0 amide bonds. The molecule has 4 aliphatic rings. The highest BCUT2D eigenvalue weighted by Gasteiger charge is 2.72. The molecule has 0 unspecified atom stereocenters. The molecule has 2 bridgehead atoms. The van der Waals surface area contributed by atoms with Gasteiger partial charge < -0.3 is 0 Å².